The van der Waals surface area contributed by atoms with E-state index in [-0.39, 0.29) is 5.91 Å². The average Bonchev–Trinajstić information content (AvgIpc) is 2.48. The van der Waals surface area contributed by atoms with Gasteiger partial charge in [0, 0.05) is 19.1 Å². The quantitative estimate of drug-likeness (QED) is 0.807. The van der Waals surface area contributed by atoms with Gasteiger partial charge in [-0.3, -0.25) is 4.79 Å². The van der Waals surface area contributed by atoms with Crippen LogP contribution in [-0.2, 0) is 4.79 Å². The van der Waals surface area contributed by atoms with Crippen LogP contribution in [-0.4, -0.2) is 53.4 Å². The van der Waals surface area contributed by atoms with Crippen molar-refractivity contribution in [1.82, 2.24) is 9.80 Å². The number of thiocarbonyl (C=S) groups is 1. The van der Waals surface area contributed by atoms with E-state index in [1.807, 2.05) is 18.7 Å². The molecule has 4 nitrogen and oxygen atoms in total. The fourth-order valence-electron chi connectivity index (χ4n) is 4.15. The molecule has 0 aromatic rings. The molecule has 120 valence electrons. The summed E-state index contributed by atoms with van der Waals surface area (Å²) in [5, 5.41) is 0. The normalized spacial score (nSPS) is 27.3. The zero-order valence-electron chi connectivity index (χ0n) is 13.6. The van der Waals surface area contributed by atoms with Gasteiger partial charge in [-0.05, 0) is 51.6 Å². The van der Waals surface area contributed by atoms with E-state index < -0.39 is 5.41 Å². The number of fused-ring (bicyclic) bond motifs is 1. The molecule has 2 atom stereocenters. The largest absolute Gasteiger partial charge is 0.392 e. The molecule has 1 amide bonds. The third kappa shape index (κ3) is 2.95. The van der Waals surface area contributed by atoms with Crippen molar-refractivity contribution in [3.05, 3.63) is 0 Å². The monoisotopic (exact) mass is 311 g/mol. The van der Waals surface area contributed by atoms with Crippen molar-refractivity contribution in [2.45, 2.75) is 52.0 Å². The smallest absolute Gasteiger partial charge is 0.235 e. The number of hydrogen-bond acceptors (Lipinski definition) is 3. The van der Waals surface area contributed by atoms with Crippen LogP contribution >= 0.6 is 12.2 Å². The highest BCUT2D eigenvalue weighted by Crippen LogP contribution is 2.34. The van der Waals surface area contributed by atoms with Crippen LogP contribution in [0.25, 0.3) is 0 Å². The SMILES string of the molecule is CCC(CC)(C(=O)N1CCC2C(CCCN2C)C1)C(N)=S. The van der Waals surface area contributed by atoms with E-state index in [4.69, 9.17) is 18.0 Å². The zero-order valence-corrected chi connectivity index (χ0v) is 14.4. The van der Waals surface area contributed by atoms with Crippen LogP contribution < -0.4 is 5.73 Å². The van der Waals surface area contributed by atoms with Gasteiger partial charge in [-0.2, -0.15) is 0 Å². The highest BCUT2D eigenvalue weighted by molar-refractivity contribution is 7.80. The van der Waals surface area contributed by atoms with Crippen molar-refractivity contribution in [2.75, 3.05) is 26.7 Å². The van der Waals surface area contributed by atoms with Gasteiger partial charge in [0.2, 0.25) is 5.91 Å². The summed E-state index contributed by atoms with van der Waals surface area (Å²) in [6.45, 7) is 6.94. The van der Waals surface area contributed by atoms with Crippen LogP contribution in [0, 0.1) is 11.3 Å². The number of nitrogens with two attached hydrogens (primary N) is 1. The summed E-state index contributed by atoms with van der Waals surface area (Å²) in [6.07, 6.45) is 4.94. The lowest BCUT2D eigenvalue weighted by molar-refractivity contribution is -0.142. The summed E-state index contributed by atoms with van der Waals surface area (Å²) in [4.78, 5) is 17.9. The molecular weight excluding hydrogens is 282 g/mol. The molecule has 0 saturated carbocycles. The Morgan fingerprint density at radius 3 is 2.52 bits per heavy atom. The summed E-state index contributed by atoms with van der Waals surface area (Å²) in [6, 6.07) is 0.644. The van der Waals surface area contributed by atoms with E-state index in [1.165, 1.54) is 19.4 Å². The third-order valence-corrected chi connectivity index (χ3v) is 6.11. The fourth-order valence-corrected chi connectivity index (χ4v) is 4.52. The Kier molecular flexibility index (Phi) is 5.25. The number of hydrogen-bond donors (Lipinski definition) is 1. The molecule has 2 saturated heterocycles. The lowest BCUT2D eigenvalue weighted by atomic mass is 9.78. The van der Waals surface area contributed by atoms with Crippen molar-refractivity contribution in [2.24, 2.45) is 17.1 Å². The van der Waals surface area contributed by atoms with E-state index in [0.29, 0.717) is 29.8 Å². The van der Waals surface area contributed by atoms with Crippen LogP contribution in [0.15, 0.2) is 0 Å². The van der Waals surface area contributed by atoms with Gasteiger partial charge in [0.05, 0.1) is 10.4 Å². The minimum Gasteiger partial charge on any atom is -0.392 e. The van der Waals surface area contributed by atoms with Crippen molar-refractivity contribution < 1.29 is 4.79 Å². The molecule has 0 aromatic carbocycles. The van der Waals surface area contributed by atoms with Gasteiger partial charge >= 0.3 is 0 Å². The summed E-state index contributed by atoms with van der Waals surface area (Å²) in [7, 11) is 2.21. The minimum atomic E-state index is -0.636. The van der Waals surface area contributed by atoms with E-state index in [1.54, 1.807) is 0 Å². The number of carbonyl (C=O) groups is 1. The van der Waals surface area contributed by atoms with Gasteiger partial charge in [0.1, 0.15) is 0 Å². The first kappa shape index (κ1) is 16.7. The Morgan fingerprint density at radius 2 is 1.95 bits per heavy atom. The van der Waals surface area contributed by atoms with Crippen LogP contribution in [0.1, 0.15) is 46.0 Å². The average molecular weight is 311 g/mol. The molecule has 0 bridgehead atoms. The molecule has 2 aliphatic heterocycles. The van der Waals surface area contributed by atoms with Gasteiger partial charge < -0.3 is 15.5 Å². The molecule has 2 heterocycles. The van der Waals surface area contributed by atoms with Crippen LogP contribution in [0.3, 0.4) is 0 Å². The van der Waals surface area contributed by atoms with E-state index in [9.17, 15) is 4.79 Å². The predicted octanol–water partition coefficient (Wildman–Crippen LogP) is 2.02. The Bertz CT molecular complexity index is 408. The van der Waals surface area contributed by atoms with E-state index >= 15 is 0 Å². The highest BCUT2D eigenvalue weighted by Gasteiger charge is 2.44. The molecular formula is C16H29N3OS. The van der Waals surface area contributed by atoms with Gasteiger partial charge in [0.15, 0.2) is 0 Å². The van der Waals surface area contributed by atoms with Crippen molar-refractivity contribution >= 4 is 23.1 Å². The number of carbonyl (C=O) groups excluding carboxylic acids is 1. The molecule has 0 spiro atoms. The summed E-state index contributed by atoms with van der Waals surface area (Å²) >= 11 is 5.23. The van der Waals surface area contributed by atoms with Gasteiger partial charge in [-0.15, -0.1) is 0 Å². The Morgan fingerprint density at radius 1 is 1.29 bits per heavy atom. The number of likely N-dealkylation sites (tertiary alicyclic amines) is 2. The van der Waals surface area contributed by atoms with Gasteiger partial charge in [0.25, 0.3) is 0 Å². The number of piperidine rings is 2. The molecule has 2 unspecified atom stereocenters. The van der Waals surface area contributed by atoms with Gasteiger partial charge in [-0.1, -0.05) is 26.1 Å². The van der Waals surface area contributed by atoms with E-state index in [0.717, 1.165) is 19.5 Å². The first-order chi connectivity index (χ1) is 9.96. The maximum absolute atomic E-state index is 13.0. The second-order valence-corrected chi connectivity index (χ2v) is 7.08. The lowest BCUT2D eigenvalue weighted by Crippen LogP contribution is -2.58. The molecule has 2 aliphatic rings. The molecule has 0 aliphatic carbocycles. The maximum Gasteiger partial charge on any atom is 0.235 e. The maximum atomic E-state index is 13.0. The highest BCUT2D eigenvalue weighted by atomic mass is 32.1. The second-order valence-electron chi connectivity index (χ2n) is 6.64. The summed E-state index contributed by atoms with van der Waals surface area (Å²) < 4.78 is 0. The van der Waals surface area contributed by atoms with Crippen LogP contribution in [0.5, 0.6) is 0 Å². The second kappa shape index (κ2) is 6.61. The molecule has 2 N–H and O–H groups in total. The van der Waals surface area contributed by atoms with Crippen molar-refractivity contribution in [3.8, 4) is 0 Å². The molecule has 2 fully saturated rings. The van der Waals surface area contributed by atoms with Crippen molar-refractivity contribution in [1.29, 1.82) is 0 Å². The van der Waals surface area contributed by atoms with Gasteiger partial charge in [-0.25, -0.2) is 0 Å². The predicted molar refractivity (Wildman–Crippen MR) is 90.1 cm³/mol. The first-order valence-electron chi connectivity index (χ1n) is 8.25. The molecule has 21 heavy (non-hydrogen) atoms. The Balaban J connectivity index is 2.12. The number of amides is 1. The molecule has 0 aromatic heterocycles. The topological polar surface area (TPSA) is 49.6 Å². The summed E-state index contributed by atoms with van der Waals surface area (Å²) in [5.41, 5.74) is 5.29. The Hall–Kier alpha value is -0.680. The van der Waals surface area contributed by atoms with Crippen LogP contribution in [0.4, 0.5) is 0 Å². The number of rotatable bonds is 4. The standard InChI is InChI=1S/C16H29N3OS/c1-4-16(5-2,14(17)21)15(20)19-10-8-13-12(11-19)7-6-9-18(13)3/h12-13H,4-11H2,1-3H3,(H2,17,21). The lowest BCUT2D eigenvalue weighted by Gasteiger charge is -2.47. The zero-order chi connectivity index (χ0) is 15.6. The van der Waals surface area contributed by atoms with E-state index in [2.05, 4.69) is 11.9 Å². The summed E-state index contributed by atoms with van der Waals surface area (Å²) in [5.74, 6) is 0.769. The Labute approximate surface area is 134 Å². The third-order valence-electron chi connectivity index (χ3n) is 5.72. The van der Waals surface area contributed by atoms with Crippen LogP contribution in [0.2, 0.25) is 0 Å². The molecule has 5 heteroatoms. The molecule has 2 rings (SSSR count). The minimum absolute atomic E-state index is 0.159. The fraction of sp³-hybridized carbons (Fsp3) is 0.875. The van der Waals surface area contributed by atoms with Crippen molar-refractivity contribution in [3.63, 3.8) is 0 Å². The molecule has 0 radical (unpaired) electrons. The number of nitrogens with zero attached hydrogens (tertiary/aromatic N) is 2. The first-order valence-corrected chi connectivity index (χ1v) is 8.66.